The molecule has 1 aliphatic carbocycles. The van der Waals surface area contributed by atoms with Crippen molar-refractivity contribution in [1.82, 2.24) is 10.2 Å². The van der Waals surface area contributed by atoms with Crippen molar-refractivity contribution in [1.29, 1.82) is 0 Å². The summed E-state index contributed by atoms with van der Waals surface area (Å²) in [6, 6.07) is 0. The van der Waals surface area contributed by atoms with Gasteiger partial charge in [-0.15, -0.1) is 0 Å². The quantitative estimate of drug-likeness (QED) is 0.828. The smallest absolute Gasteiger partial charge is 0.224 e. The molecule has 1 aliphatic heterocycles. The minimum Gasteiger partial charge on any atom is -0.393 e. The number of rotatable bonds is 4. The highest BCUT2D eigenvalue weighted by Crippen LogP contribution is 2.32. The second kappa shape index (κ2) is 6.90. The fourth-order valence-corrected chi connectivity index (χ4v) is 3.78. The zero-order chi connectivity index (χ0) is 14.6. The van der Waals surface area contributed by atoms with Gasteiger partial charge in [0.05, 0.1) is 6.10 Å². The van der Waals surface area contributed by atoms with Crippen LogP contribution in [0.3, 0.4) is 0 Å². The van der Waals surface area contributed by atoms with Crippen LogP contribution in [0.15, 0.2) is 0 Å². The van der Waals surface area contributed by atoms with Gasteiger partial charge in [-0.1, -0.05) is 19.3 Å². The number of hydrogen-bond acceptors (Lipinski definition) is 3. The van der Waals surface area contributed by atoms with E-state index in [-0.39, 0.29) is 11.6 Å². The Morgan fingerprint density at radius 3 is 2.40 bits per heavy atom. The Morgan fingerprint density at radius 1 is 1.30 bits per heavy atom. The first-order chi connectivity index (χ1) is 9.56. The van der Waals surface area contributed by atoms with Crippen LogP contribution in [-0.4, -0.2) is 47.7 Å². The Hall–Kier alpha value is -0.610. The summed E-state index contributed by atoms with van der Waals surface area (Å²) in [6.45, 7) is 3.49. The number of likely N-dealkylation sites (tertiary alicyclic amines) is 1. The molecule has 1 heterocycles. The molecular weight excluding hydrogens is 252 g/mol. The van der Waals surface area contributed by atoms with Gasteiger partial charge in [0.15, 0.2) is 0 Å². The number of hydrogen-bond donors (Lipinski definition) is 2. The number of piperidine rings is 1. The van der Waals surface area contributed by atoms with E-state index < -0.39 is 0 Å². The van der Waals surface area contributed by atoms with Crippen molar-refractivity contribution in [3.05, 3.63) is 0 Å². The molecule has 2 aliphatic rings. The van der Waals surface area contributed by atoms with Crippen LogP contribution in [-0.2, 0) is 4.79 Å². The SMILES string of the molecule is CNC1(CC(=O)N2CCC(C(C)O)CC2)CCCCC1. The predicted octanol–water partition coefficient (Wildman–Crippen LogP) is 1.92. The molecular formula is C16H30N2O2. The molecule has 0 spiro atoms. The molecule has 4 nitrogen and oxygen atoms in total. The van der Waals surface area contributed by atoms with E-state index in [1.165, 1.54) is 19.3 Å². The first-order valence-electron chi connectivity index (χ1n) is 8.21. The van der Waals surface area contributed by atoms with Gasteiger partial charge in [-0.05, 0) is 45.6 Å². The monoisotopic (exact) mass is 282 g/mol. The Balaban J connectivity index is 1.85. The first kappa shape index (κ1) is 15.8. The predicted molar refractivity (Wildman–Crippen MR) is 80.5 cm³/mol. The van der Waals surface area contributed by atoms with Gasteiger partial charge in [0.25, 0.3) is 0 Å². The molecule has 0 aromatic rings. The Kier molecular flexibility index (Phi) is 5.44. The van der Waals surface area contributed by atoms with Crippen LogP contribution in [0.1, 0.15) is 58.3 Å². The molecule has 2 N–H and O–H groups in total. The molecule has 2 rings (SSSR count). The zero-order valence-electron chi connectivity index (χ0n) is 13.0. The van der Waals surface area contributed by atoms with Crippen molar-refractivity contribution in [2.45, 2.75) is 69.9 Å². The lowest BCUT2D eigenvalue weighted by molar-refractivity contribution is -0.135. The van der Waals surface area contributed by atoms with Gasteiger partial charge in [0, 0.05) is 25.0 Å². The number of aliphatic hydroxyl groups excluding tert-OH is 1. The summed E-state index contributed by atoms with van der Waals surface area (Å²) in [4.78, 5) is 14.5. The number of nitrogens with zero attached hydrogens (tertiary/aromatic N) is 1. The molecule has 0 aromatic heterocycles. The average Bonchev–Trinajstić information content (AvgIpc) is 2.48. The van der Waals surface area contributed by atoms with Crippen LogP contribution in [0.5, 0.6) is 0 Å². The van der Waals surface area contributed by atoms with Gasteiger partial charge in [-0.2, -0.15) is 0 Å². The van der Waals surface area contributed by atoms with Gasteiger partial charge in [0.2, 0.25) is 5.91 Å². The molecule has 4 heteroatoms. The topological polar surface area (TPSA) is 52.6 Å². The van der Waals surface area contributed by atoms with Gasteiger partial charge < -0.3 is 15.3 Å². The van der Waals surface area contributed by atoms with Crippen molar-refractivity contribution >= 4 is 5.91 Å². The minimum atomic E-state index is -0.241. The first-order valence-corrected chi connectivity index (χ1v) is 8.21. The van der Waals surface area contributed by atoms with Crippen molar-refractivity contribution in [2.75, 3.05) is 20.1 Å². The van der Waals surface area contributed by atoms with E-state index in [9.17, 15) is 9.90 Å². The van der Waals surface area contributed by atoms with Gasteiger partial charge in [-0.3, -0.25) is 4.79 Å². The van der Waals surface area contributed by atoms with E-state index in [0.29, 0.717) is 18.2 Å². The third kappa shape index (κ3) is 3.73. The fourth-order valence-electron chi connectivity index (χ4n) is 3.78. The average molecular weight is 282 g/mol. The van der Waals surface area contributed by atoms with Gasteiger partial charge >= 0.3 is 0 Å². The van der Waals surface area contributed by atoms with E-state index >= 15 is 0 Å². The molecule has 20 heavy (non-hydrogen) atoms. The highest BCUT2D eigenvalue weighted by Gasteiger charge is 2.35. The van der Waals surface area contributed by atoms with Crippen LogP contribution in [0.4, 0.5) is 0 Å². The Bertz CT molecular complexity index is 316. The van der Waals surface area contributed by atoms with Crippen LogP contribution >= 0.6 is 0 Å². The molecule has 0 radical (unpaired) electrons. The number of carbonyl (C=O) groups excluding carboxylic acids is 1. The van der Waals surface area contributed by atoms with Gasteiger partial charge in [-0.25, -0.2) is 0 Å². The number of carbonyl (C=O) groups is 1. The molecule has 1 unspecified atom stereocenters. The summed E-state index contributed by atoms with van der Waals surface area (Å²) in [5.74, 6) is 0.664. The molecule has 1 amide bonds. The maximum atomic E-state index is 12.5. The van der Waals surface area contributed by atoms with Crippen LogP contribution in [0.2, 0.25) is 0 Å². The molecule has 0 aromatic carbocycles. The standard InChI is InChI=1S/C16H30N2O2/c1-13(19)14-6-10-18(11-7-14)15(20)12-16(17-2)8-4-3-5-9-16/h13-14,17,19H,3-12H2,1-2H3. The van der Waals surface area contributed by atoms with Crippen LogP contribution in [0.25, 0.3) is 0 Å². The summed E-state index contributed by atoms with van der Waals surface area (Å²) in [6.07, 6.45) is 8.30. The highest BCUT2D eigenvalue weighted by molar-refractivity contribution is 5.77. The third-order valence-corrected chi connectivity index (χ3v) is 5.41. The van der Waals surface area contributed by atoms with E-state index in [1.807, 2.05) is 18.9 Å². The summed E-state index contributed by atoms with van der Waals surface area (Å²) in [7, 11) is 2.00. The van der Waals surface area contributed by atoms with Crippen molar-refractivity contribution < 1.29 is 9.90 Å². The minimum absolute atomic E-state index is 0.0381. The lowest BCUT2D eigenvalue weighted by Gasteiger charge is -2.40. The second-order valence-electron chi connectivity index (χ2n) is 6.73. The van der Waals surface area contributed by atoms with Crippen molar-refractivity contribution in [3.63, 3.8) is 0 Å². The summed E-state index contributed by atoms with van der Waals surface area (Å²) in [5, 5.41) is 13.1. The Labute approximate surface area is 122 Å². The van der Waals surface area contributed by atoms with E-state index in [4.69, 9.17) is 0 Å². The molecule has 0 bridgehead atoms. The summed E-state index contributed by atoms with van der Waals surface area (Å²) >= 11 is 0. The molecule has 1 saturated carbocycles. The molecule has 2 fully saturated rings. The number of nitrogens with one attached hydrogen (secondary N) is 1. The number of aliphatic hydroxyl groups is 1. The maximum absolute atomic E-state index is 12.5. The maximum Gasteiger partial charge on any atom is 0.224 e. The van der Waals surface area contributed by atoms with Crippen LogP contribution < -0.4 is 5.32 Å². The van der Waals surface area contributed by atoms with E-state index in [2.05, 4.69) is 5.32 Å². The summed E-state index contributed by atoms with van der Waals surface area (Å²) < 4.78 is 0. The second-order valence-corrected chi connectivity index (χ2v) is 6.73. The van der Waals surface area contributed by atoms with E-state index in [0.717, 1.165) is 38.8 Å². The van der Waals surface area contributed by atoms with Crippen molar-refractivity contribution in [2.24, 2.45) is 5.92 Å². The normalized spacial score (nSPS) is 25.4. The third-order valence-electron chi connectivity index (χ3n) is 5.41. The lowest BCUT2D eigenvalue weighted by atomic mass is 9.79. The van der Waals surface area contributed by atoms with Crippen LogP contribution in [0, 0.1) is 5.92 Å². The molecule has 1 atom stereocenters. The van der Waals surface area contributed by atoms with Gasteiger partial charge in [0.1, 0.15) is 0 Å². The molecule has 116 valence electrons. The fraction of sp³-hybridized carbons (Fsp3) is 0.938. The lowest BCUT2D eigenvalue weighted by Crippen LogP contribution is -2.50. The van der Waals surface area contributed by atoms with Crippen molar-refractivity contribution in [3.8, 4) is 0 Å². The largest absolute Gasteiger partial charge is 0.393 e. The summed E-state index contributed by atoms with van der Waals surface area (Å²) in [5.41, 5.74) is 0.0381. The Morgan fingerprint density at radius 2 is 1.90 bits per heavy atom. The van der Waals surface area contributed by atoms with E-state index in [1.54, 1.807) is 0 Å². The highest BCUT2D eigenvalue weighted by atomic mass is 16.3. The molecule has 1 saturated heterocycles. The number of amides is 1. The zero-order valence-corrected chi connectivity index (χ0v) is 13.0.